The number of amides is 1. The molecule has 0 unspecified atom stereocenters. The van der Waals surface area contributed by atoms with Crippen molar-refractivity contribution in [1.82, 2.24) is 9.55 Å². The van der Waals surface area contributed by atoms with E-state index >= 15 is 0 Å². The van der Waals surface area contributed by atoms with Crippen LogP contribution in [0.1, 0.15) is 23.5 Å². The third-order valence-corrected chi connectivity index (χ3v) is 4.93. The van der Waals surface area contributed by atoms with Crippen LogP contribution in [0.4, 0.5) is 10.2 Å². The van der Waals surface area contributed by atoms with Crippen LogP contribution in [0, 0.1) is 5.82 Å². The maximum atomic E-state index is 13.2. The number of carbonyl (C=O) groups is 1. The van der Waals surface area contributed by atoms with Crippen molar-refractivity contribution in [3.05, 3.63) is 64.2 Å². The summed E-state index contributed by atoms with van der Waals surface area (Å²) in [5, 5.41) is 3.28. The number of anilines is 1. The molecule has 7 heteroatoms. The zero-order chi connectivity index (χ0) is 17.3. The quantitative estimate of drug-likeness (QED) is 0.526. The topological polar surface area (TPSA) is 64.0 Å². The molecule has 1 aliphatic heterocycles. The van der Waals surface area contributed by atoms with Gasteiger partial charge in [-0.25, -0.2) is 4.39 Å². The number of halogens is 1. The van der Waals surface area contributed by atoms with Gasteiger partial charge in [-0.15, -0.1) is 6.58 Å². The molecule has 24 heavy (non-hydrogen) atoms. The number of hydrogen-bond acceptors (Lipinski definition) is 4. The number of aromatic nitrogens is 2. The van der Waals surface area contributed by atoms with Gasteiger partial charge in [-0.2, -0.15) is 4.98 Å². The first kappa shape index (κ1) is 16.4. The first-order chi connectivity index (χ1) is 11.5. The molecule has 1 atom stereocenters. The normalized spacial score (nSPS) is 16.4. The van der Waals surface area contributed by atoms with Crippen molar-refractivity contribution in [3.63, 3.8) is 0 Å². The Morgan fingerprint density at radius 3 is 2.79 bits per heavy atom. The number of fused-ring (bicyclic) bond motifs is 1. The molecule has 124 valence electrons. The molecule has 5 nitrogen and oxygen atoms in total. The molecule has 1 N–H and O–H groups in total. The summed E-state index contributed by atoms with van der Waals surface area (Å²) in [5.41, 5.74) is 0.786. The van der Waals surface area contributed by atoms with E-state index in [1.807, 2.05) is 0 Å². The summed E-state index contributed by atoms with van der Waals surface area (Å²) >= 11 is 1.37. The second-order valence-corrected chi connectivity index (χ2v) is 6.46. The van der Waals surface area contributed by atoms with Crippen LogP contribution in [0.15, 0.2) is 46.9 Å². The van der Waals surface area contributed by atoms with E-state index in [-0.39, 0.29) is 23.7 Å². The van der Waals surface area contributed by atoms with Crippen LogP contribution in [0.2, 0.25) is 0 Å². The predicted molar refractivity (Wildman–Crippen MR) is 91.9 cm³/mol. The molecule has 0 saturated carbocycles. The fraction of sp³-hybridized carbons (Fsp3) is 0.235. The Bertz CT molecular complexity index is 861. The molecule has 2 aromatic rings. The largest absolute Gasteiger partial charge is 0.312 e. The van der Waals surface area contributed by atoms with Gasteiger partial charge in [-0.1, -0.05) is 30.0 Å². The molecular weight excluding hydrogens is 329 g/mol. The fourth-order valence-corrected chi connectivity index (χ4v) is 3.48. The van der Waals surface area contributed by atoms with Crippen LogP contribution < -0.4 is 10.9 Å². The summed E-state index contributed by atoms with van der Waals surface area (Å²) in [6.45, 7) is 3.65. The lowest BCUT2D eigenvalue weighted by Gasteiger charge is -2.27. The molecule has 0 fully saturated rings. The molecule has 0 bridgehead atoms. The zero-order valence-electron chi connectivity index (χ0n) is 13.1. The van der Waals surface area contributed by atoms with Gasteiger partial charge in [0.2, 0.25) is 5.91 Å². The van der Waals surface area contributed by atoms with Crippen LogP contribution >= 0.6 is 11.8 Å². The molecule has 1 aromatic carbocycles. The van der Waals surface area contributed by atoms with Crippen molar-refractivity contribution in [2.24, 2.45) is 7.05 Å². The van der Waals surface area contributed by atoms with Crippen molar-refractivity contribution in [1.29, 1.82) is 0 Å². The van der Waals surface area contributed by atoms with Gasteiger partial charge < -0.3 is 9.88 Å². The fourth-order valence-electron chi connectivity index (χ4n) is 2.78. The third kappa shape index (κ3) is 2.99. The zero-order valence-corrected chi connectivity index (χ0v) is 13.9. The van der Waals surface area contributed by atoms with Crippen molar-refractivity contribution in [2.75, 3.05) is 11.1 Å². The monoisotopic (exact) mass is 345 g/mol. The van der Waals surface area contributed by atoms with Crippen molar-refractivity contribution in [2.45, 2.75) is 17.5 Å². The SMILES string of the molecule is C=CCSc1nc(=O)c2c(n1C)NC(=O)C[C@H]2c1ccc(F)cc1. The van der Waals surface area contributed by atoms with Gasteiger partial charge in [0.15, 0.2) is 5.16 Å². The van der Waals surface area contributed by atoms with Crippen molar-refractivity contribution < 1.29 is 9.18 Å². The summed E-state index contributed by atoms with van der Waals surface area (Å²) in [6, 6.07) is 5.85. The summed E-state index contributed by atoms with van der Waals surface area (Å²) in [5.74, 6) is 0.0827. The molecule has 0 spiro atoms. The highest BCUT2D eigenvalue weighted by Crippen LogP contribution is 2.35. The average Bonchev–Trinajstić information content (AvgIpc) is 2.56. The lowest BCUT2D eigenvalue weighted by atomic mass is 9.87. The lowest BCUT2D eigenvalue weighted by Crippen LogP contribution is -2.33. The molecule has 3 rings (SSSR count). The van der Waals surface area contributed by atoms with E-state index in [4.69, 9.17) is 0 Å². The molecule has 0 saturated heterocycles. The highest BCUT2D eigenvalue weighted by atomic mass is 32.2. The predicted octanol–water partition coefficient (Wildman–Crippen LogP) is 2.67. The molecular formula is C17H16FN3O2S. The van der Waals surface area contributed by atoms with Gasteiger partial charge in [0.1, 0.15) is 11.6 Å². The standard InChI is InChI=1S/C17H16FN3O2S/c1-3-8-24-17-20-16(23)14-12(10-4-6-11(18)7-5-10)9-13(22)19-15(14)21(17)2/h3-7,12H,1,8-9H2,2H3,(H,19,22)/t12-/m0/s1. The highest BCUT2D eigenvalue weighted by Gasteiger charge is 2.32. The maximum absolute atomic E-state index is 13.2. The second-order valence-electron chi connectivity index (χ2n) is 5.48. The minimum Gasteiger partial charge on any atom is -0.312 e. The molecule has 2 heterocycles. The molecule has 0 aliphatic carbocycles. The Balaban J connectivity index is 2.14. The molecule has 1 aromatic heterocycles. The number of rotatable bonds is 4. The summed E-state index contributed by atoms with van der Waals surface area (Å²) in [6.07, 6.45) is 1.85. The Labute approximate surface area is 142 Å². The lowest BCUT2D eigenvalue weighted by molar-refractivity contribution is -0.116. The van der Waals surface area contributed by atoms with Gasteiger partial charge in [0.05, 0.1) is 5.56 Å². The minimum atomic E-state index is -0.431. The van der Waals surface area contributed by atoms with Gasteiger partial charge in [-0.05, 0) is 17.7 Å². The van der Waals surface area contributed by atoms with Crippen LogP contribution in [0.3, 0.4) is 0 Å². The highest BCUT2D eigenvalue weighted by molar-refractivity contribution is 7.99. The van der Waals surface area contributed by atoms with Crippen LogP contribution in [0.5, 0.6) is 0 Å². The summed E-state index contributed by atoms with van der Waals surface area (Å²) in [4.78, 5) is 28.8. The van der Waals surface area contributed by atoms with E-state index in [0.29, 0.717) is 22.3 Å². The van der Waals surface area contributed by atoms with Gasteiger partial charge in [0.25, 0.3) is 5.56 Å². The molecule has 1 aliphatic rings. The number of nitrogens with one attached hydrogen (secondary N) is 1. The first-order valence-corrected chi connectivity index (χ1v) is 8.39. The number of nitrogens with zero attached hydrogens (tertiary/aromatic N) is 2. The second kappa shape index (κ2) is 6.60. The van der Waals surface area contributed by atoms with E-state index in [1.165, 1.54) is 23.9 Å². The van der Waals surface area contributed by atoms with E-state index in [1.54, 1.807) is 29.8 Å². The van der Waals surface area contributed by atoms with Crippen LogP contribution in [-0.2, 0) is 11.8 Å². The summed E-state index contributed by atoms with van der Waals surface area (Å²) < 4.78 is 14.9. The number of thioether (sulfide) groups is 1. The number of hydrogen-bond donors (Lipinski definition) is 1. The van der Waals surface area contributed by atoms with Crippen LogP contribution in [0.25, 0.3) is 0 Å². The Kier molecular flexibility index (Phi) is 4.53. The van der Waals surface area contributed by atoms with Crippen molar-refractivity contribution >= 4 is 23.5 Å². The smallest absolute Gasteiger partial charge is 0.279 e. The molecule has 0 radical (unpaired) electrons. The van der Waals surface area contributed by atoms with E-state index in [0.717, 1.165) is 5.56 Å². The van der Waals surface area contributed by atoms with Gasteiger partial charge in [0, 0.05) is 25.1 Å². The molecule has 1 amide bonds. The third-order valence-electron chi connectivity index (χ3n) is 3.90. The van der Waals surface area contributed by atoms with Gasteiger partial charge >= 0.3 is 0 Å². The van der Waals surface area contributed by atoms with E-state index < -0.39 is 5.92 Å². The number of carbonyl (C=O) groups excluding carboxylic acids is 1. The Morgan fingerprint density at radius 2 is 2.12 bits per heavy atom. The van der Waals surface area contributed by atoms with E-state index in [9.17, 15) is 14.0 Å². The Hall–Kier alpha value is -2.41. The number of benzene rings is 1. The van der Waals surface area contributed by atoms with Gasteiger partial charge in [-0.3, -0.25) is 9.59 Å². The first-order valence-electron chi connectivity index (χ1n) is 7.41. The van der Waals surface area contributed by atoms with Crippen molar-refractivity contribution in [3.8, 4) is 0 Å². The maximum Gasteiger partial charge on any atom is 0.279 e. The Morgan fingerprint density at radius 1 is 1.42 bits per heavy atom. The summed E-state index contributed by atoms with van der Waals surface area (Å²) in [7, 11) is 1.75. The average molecular weight is 345 g/mol. The van der Waals surface area contributed by atoms with Crippen LogP contribution in [-0.4, -0.2) is 21.2 Å². The van der Waals surface area contributed by atoms with E-state index in [2.05, 4.69) is 16.9 Å². The minimum absolute atomic E-state index is 0.134.